The number of hydrogen-bond acceptors (Lipinski definition) is 6. The van der Waals surface area contributed by atoms with Crippen molar-refractivity contribution in [2.75, 3.05) is 11.9 Å². The number of nitrogens with zero attached hydrogens (tertiary/aromatic N) is 2. The van der Waals surface area contributed by atoms with E-state index in [9.17, 15) is 14.4 Å². The van der Waals surface area contributed by atoms with Crippen LogP contribution in [0.1, 0.15) is 5.56 Å². The van der Waals surface area contributed by atoms with E-state index in [-0.39, 0.29) is 12.4 Å². The van der Waals surface area contributed by atoms with Crippen LogP contribution in [0.15, 0.2) is 39.0 Å². The molecule has 1 aromatic carbocycles. The van der Waals surface area contributed by atoms with Crippen LogP contribution in [0, 0.1) is 0 Å². The molecule has 0 spiro atoms. The first-order valence-corrected chi connectivity index (χ1v) is 6.43. The quantitative estimate of drug-likeness (QED) is 0.442. The van der Waals surface area contributed by atoms with Crippen LogP contribution in [0.3, 0.4) is 0 Å². The highest BCUT2D eigenvalue weighted by atomic mass is 35.5. The summed E-state index contributed by atoms with van der Waals surface area (Å²) < 4.78 is 0. The van der Waals surface area contributed by atoms with E-state index in [0.717, 1.165) is 5.56 Å². The van der Waals surface area contributed by atoms with Gasteiger partial charge in [-0.1, -0.05) is 23.7 Å². The average Bonchev–Trinajstić information content (AvgIpc) is 2.48. The van der Waals surface area contributed by atoms with Crippen molar-refractivity contribution in [3.8, 4) is 0 Å². The number of benzene rings is 1. The van der Waals surface area contributed by atoms with Gasteiger partial charge in [0.2, 0.25) is 5.82 Å². The van der Waals surface area contributed by atoms with Crippen LogP contribution < -0.4 is 22.0 Å². The van der Waals surface area contributed by atoms with Crippen LogP contribution in [-0.4, -0.2) is 33.8 Å². The number of H-pyrrole nitrogens is 2. The largest absolute Gasteiger partial charge is 0.355 e. The Hall–Kier alpha value is -2.94. The number of hydrogen-bond donors (Lipinski definition) is 4. The second-order valence-corrected chi connectivity index (χ2v) is 4.49. The lowest BCUT2D eigenvalue weighted by Gasteiger charge is -2.02. The molecule has 4 N–H and O–H groups in total. The number of nitrogens with one attached hydrogen (secondary N) is 4. The van der Waals surface area contributed by atoms with Crippen molar-refractivity contribution in [1.82, 2.24) is 20.6 Å². The molecule has 9 nitrogen and oxygen atoms in total. The van der Waals surface area contributed by atoms with Crippen molar-refractivity contribution in [1.29, 1.82) is 0 Å². The molecule has 1 aromatic heterocycles. The molecule has 0 aliphatic heterocycles. The number of hydrazone groups is 1. The predicted octanol–water partition coefficient (Wildman–Crippen LogP) is -0.326. The number of rotatable bonds is 5. The molecule has 10 heteroatoms. The highest BCUT2D eigenvalue weighted by Crippen LogP contribution is 2.07. The Morgan fingerprint density at radius 3 is 2.73 bits per heavy atom. The average molecular weight is 323 g/mol. The van der Waals surface area contributed by atoms with Gasteiger partial charge in [-0.15, -0.1) is 5.10 Å². The number of anilines is 1. The molecule has 0 saturated carbocycles. The van der Waals surface area contributed by atoms with Gasteiger partial charge in [0, 0.05) is 5.02 Å². The summed E-state index contributed by atoms with van der Waals surface area (Å²) >= 11 is 5.74. The van der Waals surface area contributed by atoms with Crippen LogP contribution in [0.2, 0.25) is 5.02 Å². The Morgan fingerprint density at radius 1 is 1.32 bits per heavy atom. The van der Waals surface area contributed by atoms with Gasteiger partial charge in [-0.3, -0.25) is 14.6 Å². The number of halogens is 1. The van der Waals surface area contributed by atoms with E-state index >= 15 is 0 Å². The Labute approximate surface area is 128 Å². The first-order valence-electron chi connectivity index (χ1n) is 6.05. The third kappa shape index (κ3) is 4.56. The lowest BCUT2D eigenvalue weighted by Crippen LogP contribution is -2.31. The van der Waals surface area contributed by atoms with Crippen LogP contribution in [0.4, 0.5) is 5.82 Å². The first-order chi connectivity index (χ1) is 10.5. The summed E-state index contributed by atoms with van der Waals surface area (Å²) in [5.41, 5.74) is 1.58. The van der Waals surface area contributed by atoms with E-state index in [1.165, 1.54) is 6.21 Å². The SMILES string of the molecule is O=C(CNc1n[nH]c(=O)[nH]c1=O)N/N=C\c1ccc(Cl)cc1. The summed E-state index contributed by atoms with van der Waals surface area (Å²) in [7, 11) is 0. The number of aromatic nitrogens is 3. The van der Waals surface area contributed by atoms with E-state index in [1.54, 1.807) is 24.3 Å². The summed E-state index contributed by atoms with van der Waals surface area (Å²) in [5, 5.41) is 12.3. The van der Waals surface area contributed by atoms with Gasteiger partial charge in [0.1, 0.15) is 0 Å². The smallest absolute Gasteiger partial charge is 0.342 e. The van der Waals surface area contributed by atoms with Crippen molar-refractivity contribution in [2.24, 2.45) is 5.10 Å². The lowest BCUT2D eigenvalue weighted by atomic mass is 10.2. The number of aromatic amines is 2. The van der Waals surface area contributed by atoms with Crippen LogP contribution in [0.25, 0.3) is 0 Å². The van der Waals surface area contributed by atoms with Gasteiger partial charge in [0.15, 0.2) is 0 Å². The number of carbonyl (C=O) groups excluding carboxylic acids is 1. The maximum Gasteiger partial charge on any atom is 0.342 e. The van der Waals surface area contributed by atoms with Crippen molar-refractivity contribution in [3.05, 3.63) is 55.7 Å². The molecule has 0 saturated heterocycles. The van der Waals surface area contributed by atoms with E-state index in [1.807, 2.05) is 10.1 Å². The normalized spacial score (nSPS) is 10.6. The molecular formula is C12H11ClN6O3. The monoisotopic (exact) mass is 322 g/mol. The Morgan fingerprint density at radius 2 is 2.05 bits per heavy atom. The van der Waals surface area contributed by atoms with E-state index in [0.29, 0.717) is 5.02 Å². The Bertz CT molecular complexity index is 795. The third-order valence-electron chi connectivity index (χ3n) is 2.40. The predicted molar refractivity (Wildman–Crippen MR) is 81.2 cm³/mol. The van der Waals surface area contributed by atoms with Crippen LogP contribution >= 0.6 is 11.6 Å². The summed E-state index contributed by atoms with van der Waals surface area (Å²) in [4.78, 5) is 35.6. The number of amides is 1. The zero-order valence-corrected chi connectivity index (χ0v) is 11.8. The van der Waals surface area contributed by atoms with Gasteiger partial charge in [-0.25, -0.2) is 15.3 Å². The van der Waals surface area contributed by atoms with E-state index < -0.39 is 17.2 Å². The van der Waals surface area contributed by atoms with Gasteiger partial charge in [-0.2, -0.15) is 5.10 Å². The second-order valence-electron chi connectivity index (χ2n) is 4.05. The standard InChI is InChI=1S/C12H11ClN6O3/c13-8-3-1-7(2-4-8)5-15-17-9(20)6-14-10-11(21)16-12(22)19-18-10/h1-5H,6H2,(H,14,18)(H,17,20)(H2,16,19,21,22)/b15-5-. The van der Waals surface area contributed by atoms with Crippen LogP contribution in [-0.2, 0) is 4.79 Å². The summed E-state index contributed by atoms with van der Waals surface area (Å²) in [6.45, 7) is -0.236. The van der Waals surface area contributed by atoms with E-state index in [2.05, 4.69) is 20.9 Å². The molecule has 0 unspecified atom stereocenters. The van der Waals surface area contributed by atoms with Crippen LogP contribution in [0.5, 0.6) is 0 Å². The van der Waals surface area contributed by atoms with Crippen molar-refractivity contribution in [2.45, 2.75) is 0 Å². The molecule has 1 heterocycles. The summed E-state index contributed by atoms with van der Waals surface area (Å²) in [6, 6.07) is 6.86. The molecule has 2 rings (SSSR count). The molecule has 0 radical (unpaired) electrons. The zero-order chi connectivity index (χ0) is 15.9. The molecule has 1 amide bonds. The van der Waals surface area contributed by atoms with Crippen molar-refractivity contribution in [3.63, 3.8) is 0 Å². The van der Waals surface area contributed by atoms with Gasteiger partial charge >= 0.3 is 5.69 Å². The van der Waals surface area contributed by atoms with Crippen molar-refractivity contribution >= 4 is 29.5 Å². The lowest BCUT2D eigenvalue weighted by molar-refractivity contribution is -0.119. The topological polar surface area (TPSA) is 132 Å². The highest BCUT2D eigenvalue weighted by molar-refractivity contribution is 6.30. The zero-order valence-electron chi connectivity index (χ0n) is 11.1. The summed E-state index contributed by atoms with van der Waals surface area (Å²) in [6.07, 6.45) is 1.44. The fraction of sp³-hybridized carbons (Fsp3) is 0.0833. The fourth-order valence-corrected chi connectivity index (χ4v) is 1.52. The number of carbonyl (C=O) groups is 1. The molecule has 0 aliphatic rings. The Balaban J connectivity index is 1.84. The molecule has 0 fully saturated rings. The fourth-order valence-electron chi connectivity index (χ4n) is 1.40. The maximum absolute atomic E-state index is 11.5. The molecule has 22 heavy (non-hydrogen) atoms. The molecule has 0 aliphatic carbocycles. The molecule has 114 valence electrons. The van der Waals surface area contributed by atoms with Gasteiger partial charge in [0.05, 0.1) is 12.8 Å². The van der Waals surface area contributed by atoms with E-state index in [4.69, 9.17) is 11.6 Å². The Kier molecular flexibility index (Phi) is 5.04. The minimum atomic E-state index is -0.729. The minimum absolute atomic E-state index is 0.170. The third-order valence-corrected chi connectivity index (χ3v) is 2.65. The highest BCUT2D eigenvalue weighted by Gasteiger charge is 2.04. The van der Waals surface area contributed by atoms with Gasteiger partial charge in [0.25, 0.3) is 11.5 Å². The first kappa shape index (κ1) is 15.4. The molecule has 2 aromatic rings. The second kappa shape index (κ2) is 7.18. The molecule has 0 atom stereocenters. The summed E-state index contributed by atoms with van der Waals surface area (Å²) in [5.74, 6) is -0.658. The molecule has 0 bridgehead atoms. The maximum atomic E-state index is 11.5. The minimum Gasteiger partial charge on any atom is -0.355 e. The molecular weight excluding hydrogens is 312 g/mol. The van der Waals surface area contributed by atoms with Crippen molar-refractivity contribution < 1.29 is 4.79 Å². The van der Waals surface area contributed by atoms with Gasteiger partial charge < -0.3 is 5.32 Å². The van der Waals surface area contributed by atoms with Gasteiger partial charge in [-0.05, 0) is 17.7 Å².